The van der Waals surface area contributed by atoms with Gasteiger partial charge in [0.15, 0.2) is 11.5 Å². The largest absolute Gasteiger partial charge is 0.493 e. The van der Waals surface area contributed by atoms with Crippen molar-refractivity contribution in [1.82, 2.24) is 0 Å². The monoisotopic (exact) mass is 355 g/mol. The molecule has 1 saturated carbocycles. The van der Waals surface area contributed by atoms with Crippen LogP contribution in [0.4, 0.5) is 0 Å². The van der Waals surface area contributed by atoms with E-state index < -0.39 is 0 Å². The quantitative estimate of drug-likeness (QED) is 0.860. The molecule has 4 heteroatoms. The Kier molecular flexibility index (Phi) is 5.55. The topological polar surface area (TPSA) is 44.5 Å². The molecule has 118 valence electrons. The number of halogens is 1. The van der Waals surface area contributed by atoms with Gasteiger partial charge in [-0.3, -0.25) is 0 Å². The maximum atomic E-state index is 6.22. The first-order valence-electron chi connectivity index (χ1n) is 7.77. The van der Waals surface area contributed by atoms with Crippen LogP contribution in [0.1, 0.15) is 50.2 Å². The molecule has 2 rings (SSSR count). The van der Waals surface area contributed by atoms with Crippen LogP contribution in [0.15, 0.2) is 10.5 Å². The molecule has 1 aromatic rings. The Morgan fingerprint density at radius 3 is 2.33 bits per heavy atom. The highest BCUT2D eigenvalue weighted by Crippen LogP contribution is 2.47. The molecule has 0 heterocycles. The summed E-state index contributed by atoms with van der Waals surface area (Å²) >= 11 is 3.72. The smallest absolute Gasteiger partial charge is 0.175 e. The predicted octanol–water partition coefficient (Wildman–Crippen LogP) is 4.19. The second-order valence-corrected chi connectivity index (χ2v) is 6.64. The van der Waals surface area contributed by atoms with Crippen molar-refractivity contribution in [3.05, 3.63) is 21.7 Å². The van der Waals surface area contributed by atoms with Gasteiger partial charge in [-0.05, 0) is 52.4 Å². The first kappa shape index (κ1) is 16.6. The number of benzene rings is 1. The Balaban J connectivity index is 2.63. The van der Waals surface area contributed by atoms with Crippen LogP contribution in [0.2, 0.25) is 0 Å². The van der Waals surface area contributed by atoms with E-state index >= 15 is 0 Å². The van der Waals surface area contributed by atoms with E-state index in [1.807, 2.05) is 0 Å². The van der Waals surface area contributed by atoms with Crippen molar-refractivity contribution in [2.24, 2.45) is 5.73 Å². The zero-order valence-corrected chi connectivity index (χ0v) is 14.9. The summed E-state index contributed by atoms with van der Waals surface area (Å²) in [5.41, 5.74) is 8.96. The van der Waals surface area contributed by atoms with Gasteiger partial charge in [0, 0.05) is 12.0 Å². The lowest BCUT2D eigenvalue weighted by atomic mass is 9.68. The zero-order valence-electron chi connectivity index (χ0n) is 13.3. The van der Waals surface area contributed by atoms with E-state index in [0.29, 0.717) is 6.54 Å². The summed E-state index contributed by atoms with van der Waals surface area (Å²) in [6, 6.07) is 2.15. The summed E-state index contributed by atoms with van der Waals surface area (Å²) in [5.74, 6) is 1.57. The average molecular weight is 356 g/mol. The van der Waals surface area contributed by atoms with Crippen molar-refractivity contribution in [2.75, 3.05) is 20.8 Å². The molecule has 0 saturated heterocycles. The SMILES string of the molecule is CCc1c(C2(CN)CCCCC2)cc(OC)c(OC)c1Br. The van der Waals surface area contributed by atoms with E-state index in [-0.39, 0.29) is 5.41 Å². The molecular formula is C17H26BrNO2. The van der Waals surface area contributed by atoms with Crippen LogP contribution in [-0.2, 0) is 11.8 Å². The van der Waals surface area contributed by atoms with Crippen LogP contribution < -0.4 is 15.2 Å². The Bertz CT molecular complexity index is 496. The lowest BCUT2D eigenvalue weighted by molar-refractivity contribution is 0.295. The molecule has 2 N–H and O–H groups in total. The third-order valence-electron chi connectivity index (χ3n) is 4.84. The molecule has 1 fully saturated rings. The fourth-order valence-corrected chi connectivity index (χ4v) is 4.47. The van der Waals surface area contributed by atoms with Gasteiger partial charge in [0.25, 0.3) is 0 Å². The Morgan fingerprint density at radius 2 is 1.86 bits per heavy atom. The highest BCUT2D eigenvalue weighted by atomic mass is 79.9. The number of methoxy groups -OCH3 is 2. The molecule has 0 bridgehead atoms. The first-order valence-corrected chi connectivity index (χ1v) is 8.56. The molecule has 0 aromatic heterocycles. The van der Waals surface area contributed by atoms with Gasteiger partial charge in [-0.1, -0.05) is 26.2 Å². The van der Waals surface area contributed by atoms with Gasteiger partial charge in [0.1, 0.15) is 0 Å². The van der Waals surface area contributed by atoms with Crippen molar-refractivity contribution in [1.29, 1.82) is 0 Å². The summed E-state index contributed by atoms with van der Waals surface area (Å²) in [6.07, 6.45) is 7.12. The average Bonchev–Trinajstić information content (AvgIpc) is 2.54. The summed E-state index contributed by atoms with van der Waals surface area (Å²) in [6.45, 7) is 2.88. The Labute approximate surface area is 136 Å². The van der Waals surface area contributed by atoms with E-state index in [1.54, 1.807) is 14.2 Å². The fourth-order valence-electron chi connectivity index (χ4n) is 3.62. The highest BCUT2D eigenvalue weighted by molar-refractivity contribution is 9.10. The van der Waals surface area contributed by atoms with Gasteiger partial charge in [-0.2, -0.15) is 0 Å². The first-order chi connectivity index (χ1) is 10.1. The van der Waals surface area contributed by atoms with Gasteiger partial charge in [-0.25, -0.2) is 0 Å². The van der Waals surface area contributed by atoms with Crippen LogP contribution >= 0.6 is 15.9 Å². The molecule has 0 radical (unpaired) electrons. The molecule has 3 nitrogen and oxygen atoms in total. The number of ether oxygens (including phenoxy) is 2. The minimum absolute atomic E-state index is 0.0890. The van der Waals surface area contributed by atoms with Crippen molar-refractivity contribution in [3.63, 3.8) is 0 Å². The fraction of sp³-hybridized carbons (Fsp3) is 0.647. The van der Waals surface area contributed by atoms with Gasteiger partial charge in [0.2, 0.25) is 0 Å². The molecule has 0 spiro atoms. The molecular weight excluding hydrogens is 330 g/mol. The second kappa shape index (κ2) is 7.01. The van der Waals surface area contributed by atoms with Crippen LogP contribution in [0, 0.1) is 0 Å². The number of hydrogen-bond donors (Lipinski definition) is 1. The van der Waals surface area contributed by atoms with E-state index in [1.165, 1.54) is 43.2 Å². The van der Waals surface area contributed by atoms with Crippen LogP contribution in [-0.4, -0.2) is 20.8 Å². The van der Waals surface area contributed by atoms with Crippen molar-refractivity contribution in [2.45, 2.75) is 50.9 Å². The second-order valence-electron chi connectivity index (χ2n) is 5.85. The lowest BCUT2D eigenvalue weighted by Crippen LogP contribution is -2.38. The third-order valence-corrected chi connectivity index (χ3v) is 5.68. The molecule has 0 amide bonds. The molecule has 1 aliphatic rings. The molecule has 21 heavy (non-hydrogen) atoms. The summed E-state index contributed by atoms with van der Waals surface area (Å²) in [4.78, 5) is 0. The van der Waals surface area contributed by atoms with E-state index in [9.17, 15) is 0 Å². The van der Waals surface area contributed by atoms with Gasteiger partial charge in [0.05, 0.1) is 18.7 Å². The Morgan fingerprint density at radius 1 is 1.19 bits per heavy atom. The van der Waals surface area contributed by atoms with Crippen molar-refractivity contribution < 1.29 is 9.47 Å². The normalized spacial score (nSPS) is 17.6. The van der Waals surface area contributed by atoms with Gasteiger partial charge < -0.3 is 15.2 Å². The molecule has 0 atom stereocenters. The summed E-state index contributed by atoms with van der Waals surface area (Å²) in [5, 5.41) is 0. The Hall–Kier alpha value is -0.740. The predicted molar refractivity (Wildman–Crippen MR) is 90.4 cm³/mol. The van der Waals surface area contributed by atoms with Crippen LogP contribution in [0.5, 0.6) is 11.5 Å². The number of rotatable bonds is 5. The lowest BCUT2D eigenvalue weighted by Gasteiger charge is -2.39. The third kappa shape index (κ3) is 2.93. The van der Waals surface area contributed by atoms with Gasteiger partial charge in [-0.15, -0.1) is 0 Å². The number of nitrogens with two attached hydrogens (primary N) is 1. The van der Waals surface area contributed by atoms with Crippen molar-refractivity contribution >= 4 is 15.9 Å². The molecule has 0 aliphatic heterocycles. The van der Waals surface area contributed by atoms with Crippen LogP contribution in [0.25, 0.3) is 0 Å². The zero-order chi connectivity index (χ0) is 15.5. The van der Waals surface area contributed by atoms with E-state index in [4.69, 9.17) is 15.2 Å². The molecule has 0 unspecified atom stereocenters. The maximum absolute atomic E-state index is 6.22. The highest BCUT2D eigenvalue weighted by Gasteiger charge is 2.36. The maximum Gasteiger partial charge on any atom is 0.175 e. The molecule has 1 aromatic carbocycles. The number of hydrogen-bond acceptors (Lipinski definition) is 3. The van der Waals surface area contributed by atoms with Crippen molar-refractivity contribution in [3.8, 4) is 11.5 Å². The molecule has 1 aliphatic carbocycles. The minimum Gasteiger partial charge on any atom is -0.493 e. The van der Waals surface area contributed by atoms with E-state index in [2.05, 4.69) is 28.9 Å². The van der Waals surface area contributed by atoms with E-state index in [0.717, 1.165) is 22.4 Å². The standard InChI is InChI=1S/C17H26BrNO2/c1-4-12-13(17(11-19)8-6-5-7-9-17)10-14(20-2)16(21-3)15(12)18/h10H,4-9,11,19H2,1-3H3. The van der Waals surface area contributed by atoms with Crippen LogP contribution in [0.3, 0.4) is 0 Å². The summed E-state index contributed by atoms with van der Waals surface area (Å²) < 4.78 is 12.1. The summed E-state index contributed by atoms with van der Waals surface area (Å²) in [7, 11) is 3.37. The van der Waals surface area contributed by atoms with Gasteiger partial charge >= 0.3 is 0 Å². The minimum atomic E-state index is 0.0890.